The van der Waals surface area contributed by atoms with Crippen molar-refractivity contribution >= 4 is 0 Å². The summed E-state index contributed by atoms with van der Waals surface area (Å²) in [5.41, 5.74) is 3.28. The molecule has 102 valence electrons. The van der Waals surface area contributed by atoms with Crippen LogP contribution in [0, 0.1) is 6.92 Å². The molecule has 2 N–H and O–H groups in total. The molecule has 0 spiro atoms. The number of aliphatic hydroxyl groups excluding tert-OH is 1. The first kappa shape index (κ1) is 13.8. The number of rotatable bonds is 5. The quantitative estimate of drug-likeness (QED) is 0.864. The summed E-state index contributed by atoms with van der Waals surface area (Å²) < 4.78 is 1.82. The molecular formula is C15H21N3O. The molecule has 0 saturated carbocycles. The normalized spacial score (nSPS) is 14.3. The van der Waals surface area contributed by atoms with Crippen molar-refractivity contribution in [3.8, 4) is 0 Å². The Morgan fingerprint density at radius 2 is 2.00 bits per heavy atom. The first-order chi connectivity index (χ1) is 9.11. The summed E-state index contributed by atoms with van der Waals surface area (Å²) in [6, 6.07) is 10.1. The largest absolute Gasteiger partial charge is 0.394 e. The SMILES string of the molecule is Cc1nn(C)cc1C(C)N[C@H](CO)c1ccccc1. The van der Waals surface area contributed by atoms with Crippen molar-refractivity contribution in [3.63, 3.8) is 0 Å². The summed E-state index contributed by atoms with van der Waals surface area (Å²) >= 11 is 0. The first-order valence-electron chi connectivity index (χ1n) is 6.53. The second-order valence-electron chi connectivity index (χ2n) is 4.88. The van der Waals surface area contributed by atoms with Gasteiger partial charge in [0, 0.05) is 24.8 Å². The van der Waals surface area contributed by atoms with E-state index in [0.29, 0.717) is 0 Å². The molecule has 0 aliphatic rings. The number of benzene rings is 1. The summed E-state index contributed by atoms with van der Waals surface area (Å²) in [5, 5.41) is 17.4. The monoisotopic (exact) mass is 259 g/mol. The van der Waals surface area contributed by atoms with Gasteiger partial charge in [-0.1, -0.05) is 30.3 Å². The molecule has 0 radical (unpaired) electrons. The molecule has 1 unspecified atom stereocenters. The lowest BCUT2D eigenvalue weighted by Crippen LogP contribution is -2.27. The molecule has 2 atom stereocenters. The molecule has 2 aromatic rings. The van der Waals surface area contributed by atoms with Crippen LogP contribution in [0.5, 0.6) is 0 Å². The van der Waals surface area contributed by atoms with E-state index in [0.717, 1.165) is 16.8 Å². The summed E-state index contributed by atoms with van der Waals surface area (Å²) in [5.74, 6) is 0. The summed E-state index contributed by atoms with van der Waals surface area (Å²) in [6.45, 7) is 4.17. The topological polar surface area (TPSA) is 50.1 Å². The van der Waals surface area contributed by atoms with Crippen molar-refractivity contribution < 1.29 is 5.11 Å². The molecule has 0 fully saturated rings. The van der Waals surface area contributed by atoms with Crippen molar-refractivity contribution in [2.75, 3.05) is 6.61 Å². The molecule has 0 aliphatic carbocycles. The number of aromatic nitrogens is 2. The van der Waals surface area contributed by atoms with Crippen LogP contribution < -0.4 is 5.32 Å². The second-order valence-corrected chi connectivity index (χ2v) is 4.88. The Kier molecular flexibility index (Phi) is 4.35. The van der Waals surface area contributed by atoms with Crippen LogP contribution >= 0.6 is 0 Å². The minimum absolute atomic E-state index is 0.0594. The maximum absolute atomic E-state index is 9.57. The zero-order chi connectivity index (χ0) is 13.8. The zero-order valence-electron chi connectivity index (χ0n) is 11.7. The van der Waals surface area contributed by atoms with Crippen molar-refractivity contribution in [1.29, 1.82) is 0 Å². The van der Waals surface area contributed by atoms with Gasteiger partial charge < -0.3 is 10.4 Å². The third-order valence-electron chi connectivity index (χ3n) is 3.35. The Balaban J connectivity index is 2.13. The molecule has 2 rings (SSSR count). The molecule has 1 aromatic heterocycles. The van der Waals surface area contributed by atoms with Gasteiger partial charge in [0.2, 0.25) is 0 Å². The predicted octanol–water partition coefficient (Wildman–Crippen LogP) is 2.11. The number of hydrogen-bond acceptors (Lipinski definition) is 3. The Bertz CT molecular complexity index is 521. The van der Waals surface area contributed by atoms with Crippen LogP contribution in [-0.4, -0.2) is 21.5 Å². The van der Waals surface area contributed by atoms with Gasteiger partial charge in [0.1, 0.15) is 0 Å². The molecule has 0 saturated heterocycles. The first-order valence-corrected chi connectivity index (χ1v) is 6.53. The maximum atomic E-state index is 9.57. The van der Waals surface area contributed by atoms with Gasteiger partial charge in [-0.2, -0.15) is 5.10 Å². The third kappa shape index (κ3) is 3.22. The fourth-order valence-corrected chi connectivity index (χ4v) is 2.37. The molecule has 0 bridgehead atoms. The highest BCUT2D eigenvalue weighted by atomic mass is 16.3. The van der Waals surface area contributed by atoms with Gasteiger partial charge in [0.15, 0.2) is 0 Å². The molecule has 1 heterocycles. The lowest BCUT2D eigenvalue weighted by atomic mass is 10.0. The smallest absolute Gasteiger partial charge is 0.0641 e. The van der Waals surface area contributed by atoms with Crippen molar-refractivity contribution in [2.24, 2.45) is 7.05 Å². The predicted molar refractivity (Wildman–Crippen MR) is 75.8 cm³/mol. The van der Waals surface area contributed by atoms with Crippen LogP contribution in [0.2, 0.25) is 0 Å². The second kappa shape index (κ2) is 5.99. The molecule has 1 aromatic carbocycles. The van der Waals surface area contributed by atoms with Crippen LogP contribution in [0.15, 0.2) is 36.5 Å². The van der Waals surface area contributed by atoms with Crippen LogP contribution in [-0.2, 0) is 7.05 Å². The molecular weight excluding hydrogens is 238 g/mol. The fraction of sp³-hybridized carbons (Fsp3) is 0.400. The van der Waals surface area contributed by atoms with Gasteiger partial charge in [-0.3, -0.25) is 4.68 Å². The Morgan fingerprint density at radius 3 is 2.53 bits per heavy atom. The van der Waals surface area contributed by atoms with E-state index in [-0.39, 0.29) is 18.7 Å². The van der Waals surface area contributed by atoms with E-state index in [9.17, 15) is 5.11 Å². The Morgan fingerprint density at radius 1 is 1.32 bits per heavy atom. The van der Waals surface area contributed by atoms with Gasteiger partial charge in [0.05, 0.1) is 18.3 Å². The van der Waals surface area contributed by atoms with E-state index in [1.54, 1.807) is 0 Å². The van der Waals surface area contributed by atoms with E-state index < -0.39 is 0 Å². The average molecular weight is 259 g/mol. The molecule has 19 heavy (non-hydrogen) atoms. The number of aliphatic hydroxyl groups is 1. The number of nitrogens with one attached hydrogen (secondary N) is 1. The lowest BCUT2D eigenvalue weighted by Gasteiger charge is -2.22. The van der Waals surface area contributed by atoms with Crippen molar-refractivity contribution in [1.82, 2.24) is 15.1 Å². The molecule has 4 nitrogen and oxygen atoms in total. The lowest BCUT2D eigenvalue weighted by molar-refractivity contribution is 0.235. The molecule has 0 aliphatic heterocycles. The maximum Gasteiger partial charge on any atom is 0.0641 e. The minimum atomic E-state index is -0.0594. The molecule has 0 amide bonds. The summed E-state index contributed by atoms with van der Waals surface area (Å²) in [4.78, 5) is 0. The average Bonchev–Trinajstić information content (AvgIpc) is 2.76. The highest BCUT2D eigenvalue weighted by molar-refractivity contribution is 5.22. The van der Waals surface area contributed by atoms with Gasteiger partial charge in [-0.05, 0) is 19.4 Å². The Hall–Kier alpha value is -1.65. The van der Waals surface area contributed by atoms with Crippen LogP contribution in [0.1, 0.15) is 35.8 Å². The Labute approximate surface area is 114 Å². The highest BCUT2D eigenvalue weighted by Crippen LogP contribution is 2.21. The van der Waals surface area contributed by atoms with E-state index in [4.69, 9.17) is 0 Å². The third-order valence-corrected chi connectivity index (χ3v) is 3.35. The summed E-state index contributed by atoms with van der Waals surface area (Å²) in [7, 11) is 1.92. The van der Waals surface area contributed by atoms with Gasteiger partial charge >= 0.3 is 0 Å². The van der Waals surface area contributed by atoms with Crippen LogP contribution in [0.25, 0.3) is 0 Å². The number of hydrogen-bond donors (Lipinski definition) is 2. The van der Waals surface area contributed by atoms with E-state index in [2.05, 4.69) is 17.3 Å². The zero-order valence-corrected chi connectivity index (χ0v) is 11.7. The van der Waals surface area contributed by atoms with Gasteiger partial charge in [-0.15, -0.1) is 0 Å². The van der Waals surface area contributed by atoms with Crippen molar-refractivity contribution in [2.45, 2.75) is 25.9 Å². The van der Waals surface area contributed by atoms with Gasteiger partial charge in [0.25, 0.3) is 0 Å². The standard InChI is InChI=1S/C15H21N3O/c1-11(14-9-18(3)17-12(14)2)16-15(10-19)13-7-5-4-6-8-13/h4-9,11,15-16,19H,10H2,1-3H3/t11?,15-/m1/s1. The number of aryl methyl sites for hydroxylation is 2. The van der Waals surface area contributed by atoms with Crippen LogP contribution in [0.3, 0.4) is 0 Å². The van der Waals surface area contributed by atoms with Crippen molar-refractivity contribution in [3.05, 3.63) is 53.3 Å². The van der Waals surface area contributed by atoms with Gasteiger partial charge in [-0.25, -0.2) is 0 Å². The van der Waals surface area contributed by atoms with Crippen LogP contribution in [0.4, 0.5) is 0 Å². The fourth-order valence-electron chi connectivity index (χ4n) is 2.37. The van der Waals surface area contributed by atoms with E-state index in [1.165, 1.54) is 0 Å². The minimum Gasteiger partial charge on any atom is -0.394 e. The van der Waals surface area contributed by atoms with E-state index >= 15 is 0 Å². The van der Waals surface area contributed by atoms with E-state index in [1.807, 2.05) is 55.2 Å². The number of nitrogens with zero attached hydrogens (tertiary/aromatic N) is 2. The highest BCUT2D eigenvalue weighted by Gasteiger charge is 2.17. The molecule has 4 heteroatoms. The summed E-state index contributed by atoms with van der Waals surface area (Å²) in [6.07, 6.45) is 2.02.